The van der Waals surface area contributed by atoms with Gasteiger partial charge in [0.1, 0.15) is 12.4 Å². The van der Waals surface area contributed by atoms with Crippen LogP contribution >= 0.6 is 0 Å². The van der Waals surface area contributed by atoms with Crippen LogP contribution in [0.4, 0.5) is 5.69 Å². The Labute approximate surface area is 131 Å². The lowest BCUT2D eigenvalue weighted by atomic mass is 10.1. The lowest BCUT2D eigenvalue weighted by Crippen LogP contribution is -2.25. The van der Waals surface area contributed by atoms with E-state index >= 15 is 0 Å². The van der Waals surface area contributed by atoms with E-state index in [4.69, 9.17) is 4.74 Å². The molecule has 0 spiro atoms. The van der Waals surface area contributed by atoms with Crippen molar-refractivity contribution < 1.29 is 9.53 Å². The minimum Gasteiger partial charge on any atom is -0.489 e. The Hall–Kier alpha value is -2.33. The summed E-state index contributed by atoms with van der Waals surface area (Å²) in [5.41, 5.74) is 4.15. The fraction of sp³-hybridized carbons (Fsp3) is 0.278. The molecule has 0 unspecified atom stereocenters. The summed E-state index contributed by atoms with van der Waals surface area (Å²) in [5, 5.41) is 5.69. The van der Waals surface area contributed by atoms with Crippen molar-refractivity contribution in [3.8, 4) is 5.75 Å². The summed E-state index contributed by atoms with van der Waals surface area (Å²) in [6.07, 6.45) is 0. The molecule has 0 bridgehead atoms. The summed E-state index contributed by atoms with van der Waals surface area (Å²) < 4.78 is 5.81. The Balaban J connectivity index is 1.98. The molecule has 22 heavy (non-hydrogen) atoms. The van der Waals surface area contributed by atoms with Crippen LogP contribution in [0.3, 0.4) is 0 Å². The second kappa shape index (κ2) is 7.61. The zero-order chi connectivity index (χ0) is 15.9. The zero-order valence-electron chi connectivity index (χ0n) is 13.3. The predicted octanol–water partition coefficient (Wildman–Crippen LogP) is 3.04. The van der Waals surface area contributed by atoms with Gasteiger partial charge in [-0.05, 0) is 50.2 Å². The van der Waals surface area contributed by atoms with E-state index in [1.165, 1.54) is 5.56 Å². The number of rotatable bonds is 6. The molecule has 0 aliphatic carbocycles. The van der Waals surface area contributed by atoms with Crippen LogP contribution in [0.5, 0.6) is 5.75 Å². The van der Waals surface area contributed by atoms with Gasteiger partial charge in [-0.3, -0.25) is 4.79 Å². The van der Waals surface area contributed by atoms with Crippen LogP contribution in [0.25, 0.3) is 0 Å². The third-order valence-corrected chi connectivity index (χ3v) is 3.30. The molecule has 0 saturated carbocycles. The Kier molecular flexibility index (Phi) is 5.55. The van der Waals surface area contributed by atoms with Crippen molar-refractivity contribution in [2.45, 2.75) is 20.5 Å². The number of likely N-dealkylation sites (N-methyl/N-ethyl adjacent to an activating group) is 1. The molecule has 0 aliphatic rings. The van der Waals surface area contributed by atoms with Crippen LogP contribution in [0.1, 0.15) is 16.7 Å². The SMILES string of the molecule is CNCC(=O)Nc1ccc(OCc2cccc(C)c2)cc1C. The number of hydrogen-bond donors (Lipinski definition) is 2. The van der Waals surface area contributed by atoms with E-state index in [-0.39, 0.29) is 5.91 Å². The second-order valence-electron chi connectivity index (χ2n) is 5.33. The maximum absolute atomic E-state index is 11.6. The second-order valence-corrected chi connectivity index (χ2v) is 5.33. The first-order chi connectivity index (χ1) is 10.6. The highest BCUT2D eigenvalue weighted by Crippen LogP contribution is 2.22. The number of aryl methyl sites for hydroxylation is 2. The summed E-state index contributed by atoms with van der Waals surface area (Å²) in [5.74, 6) is 0.740. The summed E-state index contributed by atoms with van der Waals surface area (Å²) in [6.45, 7) is 4.85. The Morgan fingerprint density at radius 2 is 1.95 bits per heavy atom. The molecule has 1 amide bonds. The normalized spacial score (nSPS) is 10.3. The molecular formula is C18H22N2O2. The van der Waals surface area contributed by atoms with Crippen molar-refractivity contribution in [3.63, 3.8) is 0 Å². The molecule has 2 aromatic carbocycles. The van der Waals surface area contributed by atoms with Crippen molar-refractivity contribution in [2.75, 3.05) is 18.9 Å². The summed E-state index contributed by atoms with van der Waals surface area (Å²) in [6, 6.07) is 13.9. The number of carbonyl (C=O) groups is 1. The smallest absolute Gasteiger partial charge is 0.238 e. The third kappa shape index (κ3) is 4.60. The van der Waals surface area contributed by atoms with E-state index < -0.39 is 0 Å². The van der Waals surface area contributed by atoms with Crippen LogP contribution in [-0.4, -0.2) is 19.5 Å². The summed E-state index contributed by atoms with van der Waals surface area (Å²) in [7, 11) is 1.74. The first kappa shape index (κ1) is 16.0. The van der Waals surface area contributed by atoms with Gasteiger partial charge >= 0.3 is 0 Å². The summed E-state index contributed by atoms with van der Waals surface area (Å²) >= 11 is 0. The van der Waals surface area contributed by atoms with Crippen molar-refractivity contribution >= 4 is 11.6 Å². The van der Waals surface area contributed by atoms with E-state index in [0.29, 0.717) is 13.2 Å². The molecule has 0 fully saturated rings. The van der Waals surface area contributed by atoms with Crippen molar-refractivity contribution in [2.24, 2.45) is 0 Å². The van der Waals surface area contributed by atoms with Crippen molar-refractivity contribution in [1.29, 1.82) is 0 Å². The van der Waals surface area contributed by atoms with Crippen LogP contribution in [0.15, 0.2) is 42.5 Å². The van der Waals surface area contributed by atoms with Gasteiger partial charge < -0.3 is 15.4 Å². The van der Waals surface area contributed by atoms with Gasteiger partial charge in [-0.2, -0.15) is 0 Å². The highest BCUT2D eigenvalue weighted by molar-refractivity contribution is 5.93. The molecule has 4 heteroatoms. The molecule has 0 heterocycles. The van der Waals surface area contributed by atoms with Crippen LogP contribution in [0.2, 0.25) is 0 Å². The van der Waals surface area contributed by atoms with E-state index in [1.807, 2.05) is 37.3 Å². The van der Waals surface area contributed by atoms with E-state index in [0.717, 1.165) is 22.6 Å². The van der Waals surface area contributed by atoms with Gasteiger partial charge in [0, 0.05) is 5.69 Å². The molecule has 2 N–H and O–H groups in total. The Morgan fingerprint density at radius 1 is 1.14 bits per heavy atom. The van der Waals surface area contributed by atoms with Gasteiger partial charge in [-0.1, -0.05) is 29.8 Å². The molecule has 0 atom stereocenters. The van der Waals surface area contributed by atoms with Gasteiger partial charge in [0.15, 0.2) is 0 Å². The number of ether oxygens (including phenoxy) is 1. The molecular weight excluding hydrogens is 276 g/mol. The van der Waals surface area contributed by atoms with Crippen molar-refractivity contribution in [3.05, 3.63) is 59.2 Å². The first-order valence-corrected chi connectivity index (χ1v) is 7.32. The lowest BCUT2D eigenvalue weighted by molar-refractivity contribution is -0.115. The molecule has 0 aromatic heterocycles. The van der Waals surface area contributed by atoms with E-state index in [2.05, 4.69) is 29.7 Å². The summed E-state index contributed by atoms with van der Waals surface area (Å²) in [4.78, 5) is 11.6. The first-order valence-electron chi connectivity index (χ1n) is 7.32. The number of nitrogens with one attached hydrogen (secondary N) is 2. The highest BCUT2D eigenvalue weighted by atomic mass is 16.5. The number of amides is 1. The fourth-order valence-corrected chi connectivity index (χ4v) is 2.19. The van der Waals surface area contributed by atoms with Gasteiger partial charge in [0.25, 0.3) is 0 Å². The maximum Gasteiger partial charge on any atom is 0.238 e. The van der Waals surface area contributed by atoms with Gasteiger partial charge in [0.2, 0.25) is 5.91 Å². The van der Waals surface area contributed by atoms with E-state index in [9.17, 15) is 4.79 Å². The van der Waals surface area contributed by atoms with Gasteiger partial charge in [-0.15, -0.1) is 0 Å². The average molecular weight is 298 g/mol. The minimum absolute atomic E-state index is 0.0565. The lowest BCUT2D eigenvalue weighted by Gasteiger charge is -2.11. The maximum atomic E-state index is 11.6. The minimum atomic E-state index is -0.0565. The standard InChI is InChI=1S/C18H22N2O2/c1-13-5-4-6-15(9-13)12-22-16-7-8-17(14(2)10-16)20-18(21)11-19-3/h4-10,19H,11-12H2,1-3H3,(H,20,21). The Bertz CT molecular complexity index is 653. The molecule has 0 saturated heterocycles. The monoisotopic (exact) mass is 298 g/mol. The van der Waals surface area contributed by atoms with Gasteiger partial charge in [0.05, 0.1) is 6.54 Å². The molecule has 2 rings (SSSR count). The molecule has 2 aromatic rings. The Morgan fingerprint density at radius 3 is 2.64 bits per heavy atom. The zero-order valence-corrected chi connectivity index (χ0v) is 13.3. The molecule has 4 nitrogen and oxygen atoms in total. The third-order valence-electron chi connectivity index (χ3n) is 3.30. The molecule has 0 aliphatic heterocycles. The van der Waals surface area contributed by atoms with Crippen LogP contribution in [0, 0.1) is 13.8 Å². The largest absolute Gasteiger partial charge is 0.489 e. The quantitative estimate of drug-likeness (QED) is 0.862. The average Bonchev–Trinajstić information content (AvgIpc) is 2.48. The predicted molar refractivity (Wildman–Crippen MR) is 89.2 cm³/mol. The van der Waals surface area contributed by atoms with Crippen LogP contribution < -0.4 is 15.4 Å². The number of carbonyl (C=O) groups excluding carboxylic acids is 1. The number of benzene rings is 2. The highest BCUT2D eigenvalue weighted by Gasteiger charge is 2.05. The topological polar surface area (TPSA) is 50.4 Å². The van der Waals surface area contributed by atoms with Gasteiger partial charge in [-0.25, -0.2) is 0 Å². The fourth-order valence-electron chi connectivity index (χ4n) is 2.19. The molecule has 0 radical (unpaired) electrons. The molecule has 116 valence electrons. The van der Waals surface area contributed by atoms with Crippen LogP contribution in [-0.2, 0) is 11.4 Å². The van der Waals surface area contributed by atoms with Crippen molar-refractivity contribution in [1.82, 2.24) is 5.32 Å². The van der Waals surface area contributed by atoms with E-state index in [1.54, 1.807) is 7.05 Å². The number of hydrogen-bond acceptors (Lipinski definition) is 3. The number of anilines is 1.